The van der Waals surface area contributed by atoms with Crippen molar-refractivity contribution in [1.82, 2.24) is 9.97 Å². The Bertz CT molecular complexity index is 792. The maximum absolute atomic E-state index is 5.88. The molecule has 0 bridgehead atoms. The molecule has 0 fully saturated rings. The van der Waals surface area contributed by atoms with E-state index in [-0.39, 0.29) is 5.95 Å². The SMILES string of the molecule is CCC(N)=Nc1nc(N)nc(-c2ccccc2)c1C(/C=C\N)=C/N. The molecule has 1 heterocycles. The second kappa shape index (κ2) is 7.77. The molecule has 0 atom stereocenters. The van der Waals surface area contributed by atoms with E-state index in [1.807, 2.05) is 37.3 Å². The number of nitrogen functional groups attached to an aromatic ring is 1. The third-order valence-corrected chi connectivity index (χ3v) is 3.31. The van der Waals surface area contributed by atoms with Crippen LogP contribution in [0.15, 0.2) is 53.8 Å². The zero-order valence-electron chi connectivity index (χ0n) is 13.5. The van der Waals surface area contributed by atoms with E-state index in [0.717, 1.165) is 5.56 Å². The molecule has 0 unspecified atom stereocenters. The Morgan fingerprint density at radius 1 is 1.17 bits per heavy atom. The molecule has 7 heteroatoms. The number of hydrogen-bond acceptors (Lipinski definition) is 6. The summed E-state index contributed by atoms with van der Waals surface area (Å²) >= 11 is 0. The maximum Gasteiger partial charge on any atom is 0.222 e. The Labute approximate surface area is 140 Å². The fourth-order valence-electron chi connectivity index (χ4n) is 2.16. The van der Waals surface area contributed by atoms with Crippen LogP contribution >= 0.6 is 0 Å². The highest BCUT2D eigenvalue weighted by Gasteiger charge is 2.17. The van der Waals surface area contributed by atoms with Gasteiger partial charge >= 0.3 is 0 Å². The summed E-state index contributed by atoms with van der Waals surface area (Å²) in [6, 6.07) is 9.57. The number of nitrogens with two attached hydrogens (primary N) is 4. The third kappa shape index (κ3) is 3.70. The molecule has 124 valence electrons. The molecule has 0 saturated heterocycles. The summed E-state index contributed by atoms with van der Waals surface area (Å²) in [6.45, 7) is 1.90. The lowest BCUT2D eigenvalue weighted by Gasteiger charge is -2.13. The van der Waals surface area contributed by atoms with E-state index in [0.29, 0.717) is 34.9 Å². The first-order valence-electron chi connectivity index (χ1n) is 7.47. The van der Waals surface area contributed by atoms with Crippen molar-refractivity contribution in [2.45, 2.75) is 13.3 Å². The fourth-order valence-corrected chi connectivity index (χ4v) is 2.16. The van der Waals surface area contributed by atoms with Crippen molar-refractivity contribution in [1.29, 1.82) is 0 Å². The van der Waals surface area contributed by atoms with Crippen molar-refractivity contribution in [2.75, 3.05) is 5.73 Å². The Morgan fingerprint density at radius 3 is 2.46 bits per heavy atom. The van der Waals surface area contributed by atoms with Crippen LogP contribution in [0.3, 0.4) is 0 Å². The van der Waals surface area contributed by atoms with Crippen LogP contribution < -0.4 is 22.9 Å². The van der Waals surface area contributed by atoms with Gasteiger partial charge in [0.05, 0.1) is 11.3 Å². The van der Waals surface area contributed by atoms with Crippen LogP contribution in [0, 0.1) is 0 Å². The van der Waals surface area contributed by atoms with E-state index in [2.05, 4.69) is 15.0 Å². The van der Waals surface area contributed by atoms with E-state index in [9.17, 15) is 0 Å². The second-order valence-corrected chi connectivity index (χ2v) is 4.93. The summed E-state index contributed by atoms with van der Waals surface area (Å²) in [4.78, 5) is 13.0. The summed E-state index contributed by atoms with van der Waals surface area (Å²) < 4.78 is 0. The molecule has 0 aliphatic carbocycles. The normalized spacial score (nSPS) is 12.7. The van der Waals surface area contributed by atoms with Crippen molar-refractivity contribution in [2.24, 2.45) is 22.2 Å². The monoisotopic (exact) mass is 323 g/mol. The highest BCUT2D eigenvalue weighted by atomic mass is 15.1. The smallest absolute Gasteiger partial charge is 0.222 e. The molecule has 1 aromatic heterocycles. The third-order valence-electron chi connectivity index (χ3n) is 3.31. The number of allylic oxidation sites excluding steroid dienone is 2. The second-order valence-electron chi connectivity index (χ2n) is 4.93. The minimum Gasteiger partial charge on any atom is -0.405 e. The van der Waals surface area contributed by atoms with Crippen LogP contribution in [0.2, 0.25) is 0 Å². The molecule has 1 aromatic carbocycles. The molecular weight excluding hydrogens is 302 g/mol. The van der Waals surface area contributed by atoms with Gasteiger partial charge in [-0.05, 0) is 12.3 Å². The van der Waals surface area contributed by atoms with Crippen LogP contribution in [-0.2, 0) is 0 Å². The summed E-state index contributed by atoms with van der Waals surface area (Å²) in [5.74, 6) is 0.894. The van der Waals surface area contributed by atoms with Crippen molar-refractivity contribution >= 4 is 23.2 Å². The molecular formula is C17H21N7. The lowest BCUT2D eigenvalue weighted by atomic mass is 10.00. The first kappa shape index (κ1) is 17.0. The van der Waals surface area contributed by atoms with Gasteiger partial charge in [-0.3, -0.25) is 0 Å². The quantitative estimate of drug-likeness (QED) is 0.376. The number of anilines is 1. The maximum atomic E-state index is 5.88. The van der Waals surface area contributed by atoms with Gasteiger partial charge < -0.3 is 22.9 Å². The molecule has 8 N–H and O–H groups in total. The summed E-state index contributed by atoms with van der Waals surface area (Å²) in [6.07, 6.45) is 5.05. The van der Waals surface area contributed by atoms with Gasteiger partial charge in [-0.25, -0.2) is 9.98 Å². The van der Waals surface area contributed by atoms with Gasteiger partial charge in [-0.2, -0.15) is 4.98 Å². The van der Waals surface area contributed by atoms with Crippen molar-refractivity contribution in [3.05, 3.63) is 54.4 Å². The Balaban J connectivity index is 2.83. The highest BCUT2D eigenvalue weighted by molar-refractivity contribution is 5.91. The first-order chi connectivity index (χ1) is 11.6. The summed E-state index contributed by atoms with van der Waals surface area (Å²) in [5, 5.41) is 0. The van der Waals surface area contributed by atoms with E-state index in [1.165, 1.54) is 12.4 Å². The van der Waals surface area contributed by atoms with Gasteiger partial charge in [-0.15, -0.1) is 0 Å². The number of benzene rings is 1. The predicted molar refractivity (Wildman–Crippen MR) is 98.9 cm³/mol. The number of hydrogen-bond donors (Lipinski definition) is 4. The molecule has 0 amide bonds. The van der Waals surface area contributed by atoms with E-state index in [1.54, 1.807) is 6.08 Å². The molecule has 0 radical (unpaired) electrons. The minimum absolute atomic E-state index is 0.105. The molecule has 2 aromatic rings. The van der Waals surface area contributed by atoms with E-state index in [4.69, 9.17) is 22.9 Å². The number of aromatic nitrogens is 2. The largest absolute Gasteiger partial charge is 0.405 e. The molecule has 0 aliphatic rings. The van der Waals surface area contributed by atoms with Gasteiger partial charge in [0.25, 0.3) is 0 Å². The van der Waals surface area contributed by atoms with E-state index >= 15 is 0 Å². The summed E-state index contributed by atoms with van der Waals surface area (Å²) in [7, 11) is 0. The average Bonchev–Trinajstić information content (AvgIpc) is 2.60. The first-order valence-corrected chi connectivity index (χ1v) is 7.47. The zero-order valence-corrected chi connectivity index (χ0v) is 13.5. The standard InChI is InChI=1S/C17H21N7/c1-2-13(20)22-16-14(12(10-19)8-9-18)15(23-17(21)24-16)11-6-4-3-5-7-11/h3-10H,2,18-19H2,1H3,(H4,20,21,22,23,24)/b9-8-,12-10+. The Hall–Kier alpha value is -3.35. The topological polar surface area (TPSA) is 142 Å². The van der Waals surface area contributed by atoms with Crippen molar-refractivity contribution in [3.63, 3.8) is 0 Å². The number of nitrogens with zero attached hydrogens (tertiary/aromatic N) is 3. The van der Waals surface area contributed by atoms with Gasteiger partial charge in [0.2, 0.25) is 5.95 Å². The van der Waals surface area contributed by atoms with Crippen LogP contribution in [0.4, 0.5) is 11.8 Å². The van der Waals surface area contributed by atoms with Crippen LogP contribution in [0.5, 0.6) is 0 Å². The van der Waals surface area contributed by atoms with Crippen molar-refractivity contribution < 1.29 is 0 Å². The zero-order chi connectivity index (χ0) is 17.5. The van der Waals surface area contributed by atoms with Crippen LogP contribution in [0.25, 0.3) is 16.8 Å². The summed E-state index contributed by atoms with van der Waals surface area (Å²) in [5.41, 5.74) is 25.8. The van der Waals surface area contributed by atoms with Gasteiger partial charge in [0.15, 0.2) is 5.82 Å². The average molecular weight is 323 g/mol. The lowest BCUT2D eigenvalue weighted by molar-refractivity contribution is 1.14. The van der Waals surface area contributed by atoms with Crippen molar-refractivity contribution in [3.8, 4) is 11.3 Å². The van der Waals surface area contributed by atoms with Gasteiger partial charge in [0.1, 0.15) is 5.84 Å². The predicted octanol–water partition coefficient (Wildman–Crippen LogP) is 1.90. The van der Waals surface area contributed by atoms with Crippen LogP contribution in [0.1, 0.15) is 18.9 Å². The molecule has 7 nitrogen and oxygen atoms in total. The van der Waals surface area contributed by atoms with E-state index < -0.39 is 0 Å². The highest BCUT2D eigenvalue weighted by Crippen LogP contribution is 2.34. The lowest BCUT2D eigenvalue weighted by Crippen LogP contribution is -2.10. The number of aliphatic imine (C=N–C) groups is 1. The minimum atomic E-state index is 0.105. The number of amidine groups is 1. The molecule has 0 saturated carbocycles. The molecule has 2 rings (SSSR count). The fraction of sp³-hybridized carbons (Fsp3) is 0.118. The van der Waals surface area contributed by atoms with Gasteiger partial charge in [0, 0.05) is 23.8 Å². The van der Waals surface area contributed by atoms with Crippen LogP contribution in [-0.4, -0.2) is 15.8 Å². The van der Waals surface area contributed by atoms with Gasteiger partial charge in [-0.1, -0.05) is 37.3 Å². The Morgan fingerprint density at radius 2 is 1.88 bits per heavy atom. The molecule has 24 heavy (non-hydrogen) atoms. The number of rotatable bonds is 5. The molecule has 0 spiro atoms. The molecule has 0 aliphatic heterocycles. The Kier molecular flexibility index (Phi) is 5.51.